The molecule has 0 rings (SSSR count). The van der Waals surface area contributed by atoms with Crippen LogP contribution in [-0.2, 0) is 4.79 Å². The lowest BCUT2D eigenvalue weighted by Gasteiger charge is -2.28. The van der Waals surface area contributed by atoms with Gasteiger partial charge < -0.3 is 14.6 Å². The van der Waals surface area contributed by atoms with Gasteiger partial charge in [0.25, 0.3) is 0 Å². The molecular weight excluding hydrogens is 274 g/mol. The summed E-state index contributed by atoms with van der Waals surface area (Å²) >= 11 is 0. The van der Waals surface area contributed by atoms with Gasteiger partial charge in [0.05, 0.1) is 6.54 Å². The van der Waals surface area contributed by atoms with Gasteiger partial charge in [-0.1, -0.05) is 40.5 Å². The van der Waals surface area contributed by atoms with E-state index in [4.69, 9.17) is 0 Å². The quantitative estimate of drug-likeness (QED) is 0.323. The van der Waals surface area contributed by atoms with Crippen molar-refractivity contribution >= 4 is 6.29 Å². The van der Waals surface area contributed by atoms with E-state index in [1.807, 2.05) is 0 Å². The number of nitrogens with zero attached hydrogens (tertiary/aromatic N) is 3. The van der Waals surface area contributed by atoms with Crippen molar-refractivity contribution in [2.75, 3.05) is 58.9 Å². The maximum absolute atomic E-state index is 10.7. The predicted octanol–water partition coefficient (Wildman–Crippen LogP) is 2.73. The molecule has 0 fully saturated rings. The molecule has 4 heteroatoms. The lowest BCUT2D eigenvalue weighted by Crippen LogP contribution is -2.40. The number of carbonyl (C=O) groups is 1. The van der Waals surface area contributed by atoms with Gasteiger partial charge in [0.15, 0.2) is 0 Å². The van der Waals surface area contributed by atoms with Gasteiger partial charge in [-0.15, -0.1) is 0 Å². The molecule has 0 saturated heterocycles. The molecule has 4 nitrogen and oxygen atoms in total. The molecule has 0 aliphatic rings. The van der Waals surface area contributed by atoms with Crippen molar-refractivity contribution in [2.45, 2.75) is 53.4 Å². The van der Waals surface area contributed by atoms with E-state index in [1.54, 1.807) is 0 Å². The Balaban J connectivity index is 4.03. The number of hydrogen-bond donors (Lipinski definition) is 0. The smallest absolute Gasteiger partial charge is 0.133 e. The Morgan fingerprint density at radius 3 is 1.64 bits per heavy atom. The second-order valence-electron chi connectivity index (χ2n) is 6.04. The number of aldehydes is 1. The van der Waals surface area contributed by atoms with Crippen molar-refractivity contribution in [1.82, 2.24) is 14.7 Å². The van der Waals surface area contributed by atoms with Crippen molar-refractivity contribution in [2.24, 2.45) is 0 Å². The first-order valence-corrected chi connectivity index (χ1v) is 9.32. The lowest BCUT2D eigenvalue weighted by molar-refractivity contribution is -0.108. The largest absolute Gasteiger partial charge is 0.302 e. The molecule has 0 spiro atoms. The average molecular weight is 314 g/mol. The fourth-order valence-electron chi connectivity index (χ4n) is 2.72. The van der Waals surface area contributed by atoms with Crippen LogP contribution in [0.15, 0.2) is 0 Å². The Morgan fingerprint density at radius 2 is 1.18 bits per heavy atom. The van der Waals surface area contributed by atoms with Crippen molar-refractivity contribution in [3.05, 3.63) is 0 Å². The third-order valence-corrected chi connectivity index (χ3v) is 4.31. The average Bonchev–Trinajstić information content (AvgIpc) is 2.53. The number of carbonyl (C=O) groups excluding carboxylic acids is 1. The minimum Gasteiger partial charge on any atom is -0.302 e. The summed E-state index contributed by atoms with van der Waals surface area (Å²) in [4.78, 5) is 18.1. The van der Waals surface area contributed by atoms with Gasteiger partial charge in [0.1, 0.15) is 6.29 Å². The normalized spacial score (nSPS) is 11.8. The number of likely N-dealkylation sites (N-methyl/N-ethyl adjacent to an activating group) is 2. The molecule has 0 heterocycles. The standard InChI is InChI=1S/C18H39N3O/c1-5-9-10-12-19(7-3)13-14-20(8-4)15-16-21(11-6-2)17-18-22/h18H,5-17H2,1-4H3. The summed E-state index contributed by atoms with van der Waals surface area (Å²) in [5.41, 5.74) is 0. The molecule has 0 atom stereocenters. The topological polar surface area (TPSA) is 26.8 Å². The highest BCUT2D eigenvalue weighted by Crippen LogP contribution is 2.00. The summed E-state index contributed by atoms with van der Waals surface area (Å²) in [5, 5.41) is 0. The van der Waals surface area contributed by atoms with E-state index < -0.39 is 0 Å². The fourth-order valence-corrected chi connectivity index (χ4v) is 2.72. The predicted molar refractivity (Wildman–Crippen MR) is 96.5 cm³/mol. The highest BCUT2D eigenvalue weighted by atomic mass is 16.1. The molecule has 22 heavy (non-hydrogen) atoms. The maximum Gasteiger partial charge on any atom is 0.133 e. The van der Waals surface area contributed by atoms with Gasteiger partial charge in [0.2, 0.25) is 0 Å². The Bertz CT molecular complexity index is 248. The molecule has 0 unspecified atom stereocenters. The van der Waals surface area contributed by atoms with E-state index in [2.05, 4.69) is 42.4 Å². The van der Waals surface area contributed by atoms with E-state index in [0.717, 1.165) is 58.5 Å². The third-order valence-electron chi connectivity index (χ3n) is 4.31. The Morgan fingerprint density at radius 1 is 0.636 bits per heavy atom. The van der Waals surface area contributed by atoms with Crippen molar-refractivity contribution in [3.63, 3.8) is 0 Å². The van der Waals surface area contributed by atoms with Crippen LogP contribution >= 0.6 is 0 Å². The molecule has 0 amide bonds. The third kappa shape index (κ3) is 11.2. The second-order valence-corrected chi connectivity index (χ2v) is 6.04. The zero-order valence-corrected chi connectivity index (χ0v) is 15.5. The molecule has 0 bridgehead atoms. The van der Waals surface area contributed by atoms with Gasteiger partial charge in [-0.2, -0.15) is 0 Å². The second kappa shape index (κ2) is 15.4. The monoisotopic (exact) mass is 313 g/mol. The number of rotatable bonds is 16. The van der Waals surface area contributed by atoms with Crippen LogP contribution in [0.4, 0.5) is 0 Å². The van der Waals surface area contributed by atoms with Crippen LogP contribution < -0.4 is 0 Å². The SMILES string of the molecule is CCCCCN(CC)CCN(CC)CCN(CC=O)CCC. The molecule has 0 radical (unpaired) electrons. The van der Waals surface area contributed by atoms with E-state index in [9.17, 15) is 4.79 Å². The van der Waals surface area contributed by atoms with E-state index >= 15 is 0 Å². The van der Waals surface area contributed by atoms with E-state index in [0.29, 0.717) is 6.54 Å². The summed E-state index contributed by atoms with van der Waals surface area (Å²) in [6.45, 7) is 18.4. The Hall–Kier alpha value is -0.450. The van der Waals surface area contributed by atoms with Gasteiger partial charge in [-0.25, -0.2) is 0 Å². The van der Waals surface area contributed by atoms with Crippen LogP contribution in [0.2, 0.25) is 0 Å². The van der Waals surface area contributed by atoms with Crippen molar-refractivity contribution in [1.29, 1.82) is 0 Å². The minimum absolute atomic E-state index is 0.573. The van der Waals surface area contributed by atoms with Crippen LogP contribution in [0.1, 0.15) is 53.4 Å². The van der Waals surface area contributed by atoms with Crippen LogP contribution in [0.3, 0.4) is 0 Å². The molecule has 0 N–H and O–H groups in total. The Kier molecular flexibility index (Phi) is 15.1. The molecule has 0 aliphatic heterocycles. The fraction of sp³-hybridized carbons (Fsp3) is 0.944. The molecule has 132 valence electrons. The van der Waals surface area contributed by atoms with Gasteiger partial charge in [0, 0.05) is 26.2 Å². The number of hydrogen-bond acceptors (Lipinski definition) is 4. The van der Waals surface area contributed by atoms with Gasteiger partial charge in [-0.3, -0.25) is 4.90 Å². The van der Waals surface area contributed by atoms with Crippen LogP contribution in [-0.4, -0.2) is 79.9 Å². The number of unbranched alkanes of at least 4 members (excludes halogenated alkanes) is 2. The summed E-state index contributed by atoms with van der Waals surface area (Å²) in [6, 6.07) is 0. The first kappa shape index (κ1) is 21.6. The van der Waals surface area contributed by atoms with Crippen LogP contribution in [0.5, 0.6) is 0 Å². The molecule has 0 aromatic rings. The van der Waals surface area contributed by atoms with Crippen LogP contribution in [0.25, 0.3) is 0 Å². The van der Waals surface area contributed by atoms with Gasteiger partial charge >= 0.3 is 0 Å². The maximum atomic E-state index is 10.7. The summed E-state index contributed by atoms with van der Waals surface area (Å²) in [7, 11) is 0. The minimum atomic E-state index is 0.573. The van der Waals surface area contributed by atoms with Gasteiger partial charge in [-0.05, 0) is 39.0 Å². The van der Waals surface area contributed by atoms with E-state index in [1.165, 1.54) is 25.8 Å². The van der Waals surface area contributed by atoms with Crippen LogP contribution in [0, 0.1) is 0 Å². The molecule has 0 aromatic carbocycles. The molecule has 0 aliphatic carbocycles. The first-order valence-electron chi connectivity index (χ1n) is 9.32. The zero-order chi connectivity index (χ0) is 16.6. The summed E-state index contributed by atoms with van der Waals surface area (Å²) in [6.07, 6.45) is 6.09. The highest BCUT2D eigenvalue weighted by molar-refractivity contribution is 5.51. The van der Waals surface area contributed by atoms with Crippen molar-refractivity contribution in [3.8, 4) is 0 Å². The Labute approximate surface area is 138 Å². The van der Waals surface area contributed by atoms with E-state index in [-0.39, 0.29) is 0 Å². The summed E-state index contributed by atoms with van der Waals surface area (Å²) in [5.74, 6) is 0. The first-order chi connectivity index (χ1) is 10.7. The molecule has 0 saturated carbocycles. The lowest BCUT2D eigenvalue weighted by atomic mass is 10.2. The highest BCUT2D eigenvalue weighted by Gasteiger charge is 2.09. The molecular formula is C18H39N3O. The summed E-state index contributed by atoms with van der Waals surface area (Å²) < 4.78 is 0. The molecule has 0 aromatic heterocycles. The van der Waals surface area contributed by atoms with Crippen molar-refractivity contribution < 1.29 is 4.79 Å². The zero-order valence-electron chi connectivity index (χ0n) is 15.5.